The van der Waals surface area contributed by atoms with Gasteiger partial charge in [-0.15, -0.1) is 0 Å². The van der Waals surface area contributed by atoms with Gasteiger partial charge in [0.2, 0.25) is 0 Å². The van der Waals surface area contributed by atoms with Crippen molar-refractivity contribution in [2.24, 2.45) is 5.92 Å². The van der Waals surface area contributed by atoms with Crippen LogP contribution in [0.25, 0.3) is 0 Å². The van der Waals surface area contributed by atoms with E-state index in [2.05, 4.69) is 10.3 Å². The molecule has 1 rings (SSSR count). The lowest BCUT2D eigenvalue weighted by Crippen LogP contribution is -2.38. The second kappa shape index (κ2) is 7.59. The van der Waals surface area contributed by atoms with Gasteiger partial charge in [0.1, 0.15) is 6.04 Å². The van der Waals surface area contributed by atoms with E-state index in [9.17, 15) is 9.59 Å². The molecule has 0 aliphatic rings. The highest BCUT2D eigenvalue weighted by Crippen LogP contribution is 2.07. The number of aromatic carboxylic acids is 1. The number of pyridine rings is 1. The summed E-state index contributed by atoms with van der Waals surface area (Å²) in [5.41, 5.74) is 0.813. The van der Waals surface area contributed by atoms with Crippen LogP contribution in [0.2, 0.25) is 0 Å². The van der Waals surface area contributed by atoms with Crippen LogP contribution in [-0.2, 0) is 16.1 Å². The summed E-state index contributed by atoms with van der Waals surface area (Å²) in [6, 6.07) is 2.73. The molecule has 0 spiro atoms. The Kier molecular flexibility index (Phi) is 6.11. The number of carbonyl (C=O) groups excluding carboxylic acids is 1. The molecule has 6 heteroatoms. The van der Waals surface area contributed by atoms with E-state index in [4.69, 9.17) is 9.84 Å². The van der Waals surface area contributed by atoms with E-state index >= 15 is 0 Å². The Bertz CT molecular complexity index is 457. The van der Waals surface area contributed by atoms with E-state index in [1.54, 1.807) is 6.07 Å². The molecule has 1 unspecified atom stereocenters. The van der Waals surface area contributed by atoms with Crippen molar-refractivity contribution in [1.29, 1.82) is 0 Å². The van der Waals surface area contributed by atoms with Crippen LogP contribution in [-0.4, -0.2) is 35.2 Å². The molecule has 1 aromatic rings. The van der Waals surface area contributed by atoms with E-state index < -0.39 is 5.97 Å². The van der Waals surface area contributed by atoms with E-state index in [0.717, 1.165) is 0 Å². The van der Waals surface area contributed by atoms with Gasteiger partial charge in [-0.25, -0.2) is 4.79 Å². The Hall–Kier alpha value is -1.95. The molecule has 6 nitrogen and oxygen atoms in total. The van der Waals surface area contributed by atoms with E-state index in [0.29, 0.717) is 24.6 Å². The Labute approximate surface area is 118 Å². The average Bonchev–Trinajstić information content (AvgIpc) is 2.42. The van der Waals surface area contributed by atoms with Crippen molar-refractivity contribution in [3.8, 4) is 0 Å². The number of carboxylic acids is 1. The summed E-state index contributed by atoms with van der Waals surface area (Å²) in [5.74, 6) is -0.959. The van der Waals surface area contributed by atoms with Crippen molar-refractivity contribution in [3.63, 3.8) is 0 Å². The molecule has 0 aliphatic carbocycles. The SMILES string of the molecule is COC(=O)C(CC(C)C)NCc1ccc(C(=O)O)cn1. The summed E-state index contributed by atoms with van der Waals surface area (Å²) < 4.78 is 4.75. The fraction of sp³-hybridized carbons (Fsp3) is 0.500. The van der Waals surface area contributed by atoms with Crippen molar-refractivity contribution in [2.75, 3.05) is 7.11 Å². The molecule has 0 amide bonds. The molecule has 1 heterocycles. The maximum atomic E-state index is 11.6. The highest BCUT2D eigenvalue weighted by atomic mass is 16.5. The van der Waals surface area contributed by atoms with Crippen LogP contribution in [0.3, 0.4) is 0 Å². The molecule has 1 aromatic heterocycles. The molecule has 0 aliphatic heterocycles. The maximum Gasteiger partial charge on any atom is 0.337 e. The van der Waals surface area contributed by atoms with Crippen LogP contribution >= 0.6 is 0 Å². The molecule has 0 saturated carbocycles. The number of hydrogen-bond donors (Lipinski definition) is 2. The standard InChI is InChI=1S/C14H20N2O4/c1-9(2)6-12(14(19)20-3)16-8-11-5-4-10(7-15-11)13(17)18/h4-5,7,9,12,16H,6,8H2,1-3H3,(H,17,18). The highest BCUT2D eigenvalue weighted by Gasteiger charge is 2.19. The number of carbonyl (C=O) groups is 2. The number of nitrogens with one attached hydrogen (secondary N) is 1. The second-order valence-electron chi connectivity index (χ2n) is 4.93. The first-order valence-electron chi connectivity index (χ1n) is 6.43. The van der Waals surface area contributed by atoms with E-state index in [1.807, 2.05) is 13.8 Å². The number of hydrogen-bond acceptors (Lipinski definition) is 5. The van der Waals surface area contributed by atoms with Crippen molar-refractivity contribution >= 4 is 11.9 Å². The number of esters is 1. The lowest BCUT2D eigenvalue weighted by atomic mass is 10.0. The minimum atomic E-state index is -1.01. The Morgan fingerprint density at radius 1 is 1.40 bits per heavy atom. The zero-order valence-electron chi connectivity index (χ0n) is 11.9. The van der Waals surface area contributed by atoms with Crippen LogP contribution in [0, 0.1) is 5.92 Å². The van der Waals surface area contributed by atoms with Gasteiger partial charge in [0, 0.05) is 12.7 Å². The molecular formula is C14H20N2O4. The molecular weight excluding hydrogens is 260 g/mol. The summed E-state index contributed by atoms with van der Waals surface area (Å²) in [5, 5.41) is 11.9. The lowest BCUT2D eigenvalue weighted by molar-refractivity contribution is -0.143. The molecule has 1 atom stereocenters. The predicted molar refractivity (Wildman–Crippen MR) is 73.3 cm³/mol. The third-order valence-corrected chi connectivity index (χ3v) is 2.79. The fourth-order valence-corrected chi connectivity index (χ4v) is 1.76. The second-order valence-corrected chi connectivity index (χ2v) is 4.93. The van der Waals surface area contributed by atoms with Crippen LogP contribution in [0.4, 0.5) is 0 Å². The highest BCUT2D eigenvalue weighted by molar-refractivity contribution is 5.87. The molecule has 2 N–H and O–H groups in total. The quantitative estimate of drug-likeness (QED) is 0.735. The van der Waals surface area contributed by atoms with Gasteiger partial charge < -0.3 is 9.84 Å². The normalized spacial score (nSPS) is 12.2. The van der Waals surface area contributed by atoms with Gasteiger partial charge in [0.25, 0.3) is 0 Å². The minimum Gasteiger partial charge on any atom is -0.478 e. The van der Waals surface area contributed by atoms with Gasteiger partial charge in [0.15, 0.2) is 0 Å². The molecule has 0 aromatic carbocycles. The van der Waals surface area contributed by atoms with Gasteiger partial charge in [-0.1, -0.05) is 13.8 Å². The summed E-state index contributed by atoms with van der Waals surface area (Å²) in [6.45, 7) is 4.43. The zero-order valence-corrected chi connectivity index (χ0v) is 11.9. The van der Waals surface area contributed by atoms with Gasteiger partial charge in [-0.2, -0.15) is 0 Å². The molecule has 20 heavy (non-hydrogen) atoms. The summed E-state index contributed by atoms with van der Waals surface area (Å²) >= 11 is 0. The maximum absolute atomic E-state index is 11.6. The Morgan fingerprint density at radius 2 is 2.10 bits per heavy atom. The third kappa shape index (κ3) is 4.97. The van der Waals surface area contributed by atoms with Gasteiger partial charge in [-0.3, -0.25) is 15.1 Å². The monoisotopic (exact) mass is 280 g/mol. The van der Waals surface area contributed by atoms with Gasteiger partial charge in [0.05, 0.1) is 18.4 Å². The number of ether oxygens (including phenoxy) is 1. The number of nitrogens with zero attached hydrogens (tertiary/aromatic N) is 1. The summed E-state index contributed by atoms with van der Waals surface area (Å²) in [7, 11) is 1.36. The summed E-state index contributed by atoms with van der Waals surface area (Å²) in [4.78, 5) is 26.4. The van der Waals surface area contributed by atoms with Gasteiger partial charge >= 0.3 is 11.9 Å². The largest absolute Gasteiger partial charge is 0.478 e. The predicted octanol–water partition coefficient (Wildman–Crippen LogP) is 1.46. The van der Waals surface area contributed by atoms with Crippen LogP contribution in [0.5, 0.6) is 0 Å². The van der Waals surface area contributed by atoms with Crippen LogP contribution in [0.1, 0.15) is 36.3 Å². The first kappa shape index (κ1) is 16.1. The molecule has 110 valence electrons. The number of methoxy groups -OCH3 is 1. The van der Waals surface area contributed by atoms with Crippen molar-refractivity contribution in [2.45, 2.75) is 32.9 Å². The first-order chi connectivity index (χ1) is 9.43. The van der Waals surface area contributed by atoms with E-state index in [-0.39, 0.29) is 17.6 Å². The molecule has 0 radical (unpaired) electrons. The van der Waals surface area contributed by atoms with Crippen molar-refractivity contribution in [1.82, 2.24) is 10.3 Å². The van der Waals surface area contributed by atoms with E-state index in [1.165, 1.54) is 19.4 Å². The molecule has 0 fully saturated rings. The topological polar surface area (TPSA) is 88.5 Å². The zero-order chi connectivity index (χ0) is 15.1. The first-order valence-corrected chi connectivity index (χ1v) is 6.43. The van der Waals surface area contributed by atoms with Crippen molar-refractivity contribution in [3.05, 3.63) is 29.6 Å². The lowest BCUT2D eigenvalue weighted by Gasteiger charge is -2.18. The number of rotatable bonds is 7. The Morgan fingerprint density at radius 3 is 2.55 bits per heavy atom. The molecule has 0 bridgehead atoms. The Balaban J connectivity index is 2.62. The van der Waals surface area contributed by atoms with Gasteiger partial charge in [-0.05, 0) is 24.5 Å². The number of carboxylic acid groups (broad SMARTS) is 1. The van der Waals surface area contributed by atoms with Crippen LogP contribution < -0.4 is 5.32 Å². The smallest absolute Gasteiger partial charge is 0.337 e. The summed E-state index contributed by atoms with van der Waals surface area (Å²) in [6.07, 6.45) is 1.97. The number of aromatic nitrogens is 1. The average molecular weight is 280 g/mol. The minimum absolute atomic E-state index is 0.139. The fourth-order valence-electron chi connectivity index (χ4n) is 1.76. The van der Waals surface area contributed by atoms with Crippen LogP contribution in [0.15, 0.2) is 18.3 Å². The molecule has 0 saturated heterocycles. The third-order valence-electron chi connectivity index (χ3n) is 2.79. The van der Waals surface area contributed by atoms with Crippen molar-refractivity contribution < 1.29 is 19.4 Å².